The molecule has 9 heteroatoms. The highest BCUT2D eigenvalue weighted by atomic mass is 31.2. The van der Waals surface area contributed by atoms with E-state index in [1.165, 1.54) is 7.11 Å². The molecule has 0 bridgehead atoms. The van der Waals surface area contributed by atoms with Gasteiger partial charge in [0.2, 0.25) is 5.91 Å². The van der Waals surface area contributed by atoms with Gasteiger partial charge in [0, 0.05) is 12.0 Å². The molecule has 8 nitrogen and oxygen atoms in total. The number of rotatable bonds is 5. The first kappa shape index (κ1) is 17.1. The summed E-state index contributed by atoms with van der Waals surface area (Å²) < 4.78 is 30.8. The van der Waals surface area contributed by atoms with Gasteiger partial charge in [0.05, 0.1) is 27.2 Å². The molecule has 115 valence electrons. The normalized spacial score (nSPS) is 28.7. The number of hydrogen-bond acceptors (Lipinski definition) is 7. The summed E-state index contributed by atoms with van der Waals surface area (Å²) >= 11 is 0. The van der Waals surface area contributed by atoms with E-state index in [9.17, 15) is 14.2 Å². The van der Waals surface area contributed by atoms with Crippen molar-refractivity contribution in [1.29, 1.82) is 0 Å². The molecule has 1 heterocycles. The predicted octanol–water partition coefficient (Wildman–Crippen LogP) is 1.02. The number of phosphoric ester groups is 1. The lowest BCUT2D eigenvalue weighted by atomic mass is 9.87. The van der Waals surface area contributed by atoms with Crippen LogP contribution in [0.5, 0.6) is 0 Å². The van der Waals surface area contributed by atoms with Gasteiger partial charge in [0.1, 0.15) is 0 Å². The average molecular weight is 308 g/mol. The van der Waals surface area contributed by atoms with E-state index < -0.39 is 31.2 Å². The van der Waals surface area contributed by atoms with Crippen molar-refractivity contribution in [3.8, 4) is 0 Å². The molecule has 0 aromatic carbocycles. The molecule has 0 unspecified atom stereocenters. The second-order valence-corrected chi connectivity index (χ2v) is 6.56. The van der Waals surface area contributed by atoms with Crippen molar-refractivity contribution in [2.45, 2.75) is 26.4 Å². The second kappa shape index (κ2) is 6.67. The molecule has 1 saturated heterocycles. The topological polar surface area (TPSA) is 100 Å². The number of amides is 1. The Hall–Kier alpha value is -0.950. The van der Waals surface area contributed by atoms with Gasteiger partial charge in [-0.15, -0.1) is 0 Å². The van der Waals surface area contributed by atoms with E-state index >= 15 is 0 Å². The molecule has 1 fully saturated rings. The zero-order chi connectivity index (χ0) is 15.4. The van der Waals surface area contributed by atoms with Crippen molar-refractivity contribution in [3.05, 3.63) is 7.11 Å². The molecule has 0 spiro atoms. The van der Waals surface area contributed by atoms with Gasteiger partial charge in [0.25, 0.3) is 0 Å². The summed E-state index contributed by atoms with van der Waals surface area (Å²) in [5.41, 5.74) is -0.693. The number of esters is 1. The van der Waals surface area contributed by atoms with Crippen molar-refractivity contribution < 1.29 is 32.5 Å². The number of ether oxygens (including phenoxy) is 1. The molecule has 2 atom stereocenters. The Labute approximate surface area is 117 Å². The van der Waals surface area contributed by atoms with Crippen molar-refractivity contribution in [1.82, 2.24) is 5.32 Å². The molecule has 1 aliphatic rings. The summed E-state index contributed by atoms with van der Waals surface area (Å²) in [6.07, 6.45) is -0.989. The Morgan fingerprint density at radius 1 is 1.50 bits per heavy atom. The second-order valence-electron chi connectivity index (χ2n) is 4.94. The molecule has 1 aliphatic heterocycles. The Balaban J connectivity index is 2.63. The first-order valence-corrected chi connectivity index (χ1v) is 7.41. The standard InChI is InChI=1S/C11H19NO7P/c1-11(2)7-18-20(15,17-4)19-9(11)10(14)12-6-5-8(13)16-3/h9H,4-7H2,1-3H3,(H,12,14)/t9-,20-/m0/s1. The van der Waals surface area contributed by atoms with Crippen LogP contribution in [0.25, 0.3) is 0 Å². The van der Waals surface area contributed by atoms with Crippen LogP contribution in [0.2, 0.25) is 0 Å². The fourth-order valence-corrected chi connectivity index (χ4v) is 2.90. The fourth-order valence-electron chi connectivity index (χ4n) is 1.58. The lowest BCUT2D eigenvalue weighted by Gasteiger charge is -2.38. The minimum absolute atomic E-state index is 0.0227. The van der Waals surface area contributed by atoms with Crippen molar-refractivity contribution in [2.24, 2.45) is 5.41 Å². The summed E-state index contributed by atoms with van der Waals surface area (Å²) in [6, 6.07) is 0. The van der Waals surface area contributed by atoms with E-state index in [0.29, 0.717) is 0 Å². The van der Waals surface area contributed by atoms with Gasteiger partial charge >= 0.3 is 13.8 Å². The number of phosphoric acid groups is 1. The maximum Gasteiger partial charge on any atom is 0.475 e. The van der Waals surface area contributed by atoms with E-state index in [-0.39, 0.29) is 19.6 Å². The van der Waals surface area contributed by atoms with Crippen LogP contribution in [0, 0.1) is 12.5 Å². The van der Waals surface area contributed by atoms with Gasteiger partial charge in [-0.3, -0.25) is 23.2 Å². The third-order valence-corrected chi connectivity index (χ3v) is 4.02. The van der Waals surface area contributed by atoms with E-state index in [4.69, 9.17) is 9.05 Å². The molecule has 1 N–H and O–H groups in total. The molecule has 1 radical (unpaired) electrons. The molecule has 1 rings (SSSR count). The molecule has 0 aromatic heterocycles. The molecular weight excluding hydrogens is 289 g/mol. The zero-order valence-corrected chi connectivity index (χ0v) is 12.6. The average Bonchev–Trinajstić information content (AvgIpc) is 2.41. The van der Waals surface area contributed by atoms with E-state index in [1.54, 1.807) is 13.8 Å². The summed E-state index contributed by atoms with van der Waals surface area (Å²) in [6.45, 7) is 3.57. The highest BCUT2D eigenvalue weighted by molar-refractivity contribution is 7.48. The molecule has 0 aromatic rings. The fraction of sp³-hybridized carbons (Fsp3) is 0.727. The SMILES string of the molecule is [CH2]O[P@@]1(=O)OCC(C)(C)[C@H](C(=O)NCCC(=O)OC)O1. The number of carbonyl (C=O) groups excluding carboxylic acids is 2. The van der Waals surface area contributed by atoms with Gasteiger partial charge in [-0.25, -0.2) is 4.57 Å². The quantitative estimate of drug-likeness (QED) is 0.598. The number of carbonyl (C=O) groups is 2. The van der Waals surface area contributed by atoms with E-state index in [1.807, 2.05) is 0 Å². The number of methoxy groups -OCH3 is 1. The van der Waals surface area contributed by atoms with Crippen molar-refractivity contribution in [3.63, 3.8) is 0 Å². The van der Waals surface area contributed by atoms with Crippen LogP contribution in [-0.2, 0) is 32.5 Å². The maximum absolute atomic E-state index is 12.0. The van der Waals surface area contributed by atoms with Crippen LogP contribution in [0.15, 0.2) is 0 Å². The predicted molar refractivity (Wildman–Crippen MR) is 68.3 cm³/mol. The Morgan fingerprint density at radius 2 is 2.15 bits per heavy atom. The minimum Gasteiger partial charge on any atom is -0.469 e. The largest absolute Gasteiger partial charge is 0.475 e. The lowest BCUT2D eigenvalue weighted by molar-refractivity contribution is -0.142. The van der Waals surface area contributed by atoms with Gasteiger partial charge in [-0.2, -0.15) is 0 Å². The van der Waals surface area contributed by atoms with Gasteiger partial charge in [-0.1, -0.05) is 13.8 Å². The Bertz CT molecular complexity index is 423. The molecular formula is C11H19NO7P. The molecule has 0 aliphatic carbocycles. The summed E-state index contributed by atoms with van der Waals surface area (Å²) in [5.74, 6) is -0.941. The third kappa shape index (κ3) is 4.28. The molecule has 1 amide bonds. The van der Waals surface area contributed by atoms with Crippen LogP contribution >= 0.6 is 7.82 Å². The highest BCUT2D eigenvalue weighted by Gasteiger charge is 2.48. The summed E-state index contributed by atoms with van der Waals surface area (Å²) in [5, 5.41) is 2.52. The maximum atomic E-state index is 12.0. The van der Waals surface area contributed by atoms with Crippen LogP contribution < -0.4 is 5.32 Å². The minimum atomic E-state index is -3.80. The van der Waals surface area contributed by atoms with Crippen LogP contribution in [0.3, 0.4) is 0 Å². The van der Waals surface area contributed by atoms with Crippen molar-refractivity contribution >= 4 is 19.7 Å². The summed E-state index contributed by atoms with van der Waals surface area (Å²) in [4.78, 5) is 23.0. The summed E-state index contributed by atoms with van der Waals surface area (Å²) in [7, 11) is 0.469. The first-order valence-electron chi connectivity index (χ1n) is 5.95. The monoisotopic (exact) mass is 308 g/mol. The Kier molecular flexibility index (Phi) is 5.70. The first-order chi connectivity index (χ1) is 9.24. The van der Waals surface area contributed by atoms with Crippen molar-refractivity contribution in [2.75, 3.05) is 20.3 Å². The van der Waals surface area contributed by atoms with Gasteiger partial charge < -0.3 is 10.1 Å². The third-order valence-electron chi connectivity index (χ3n) is 2.79. The van der Waals surface area contributed by atoms with E-state index in [0.717, 1.165) is 0 Å². The van der Waals surface area contributed by atoms with Crippen LogP contribution in [-0.4, -0.2) is 38.2 Å². The van der Waals surface area contributed by atoms with Crippen LogP contribution in [0.4, 0.5) is 0 Å². The number of nitrogens with one attached hydrogen (secondary N) is 1. The van der Waals surface area contributed by atoms with Gasteiger partial charge in [-0.05, 0) is 0 Å². The van der Waals surface area contributed by atoms with Crippen LogP contribution in [0.1, 0.15) is 20.3 Å². The Morgan fingerprint density at radius 3 is 2.70 bits per heavy atom. The van der Waals surface area contributed by atoms with E-state index in [2.05, 4.69) is 21.7 Å². The highest BCUT2D eigenvalue weighted by Crippen LogP contribution is 2.56. The zero-order valence-electron chi connectivity index (χ0n) is 11.7. The smallest absolute Gasteiger partial charge is 0.469 e. The lowest BCUT2D eigenvalue weighted by Crippen LogP contribution is -2.49. The number of hydrogen-bond donors (Lipinski definition) is 1. The molecule has 0 saturated carbocycles. The van der Waals surface area contributed by atoms with Gasteiger partial charge in [0.15, 0.2) is 6.10 Å². The molecule has 20 heavy (non-hydrogen) atoms.